The second kappa shape index (κ2) is 8.86. The fraction of sp³-hybridized carbons (Fsp3) is 0.238. The number of benzene rings is 2. The molecule has 3 nitrogen and oxygen atoms in total. The number of nitrogens with one attached hydrogen (secondary N) is 1. The molecule has 1 amide bonds. The number of halogens is 2. The van der Waals surface area contributed by atoms with Crippen molar-refractivity contribution in [1.82, 2.24) is 10.3 Å². The van der Waals surface area contributed by atoms with Crippen molar-refractivity contribution < 1.29 is 13.6 Å². The summed E-state index contributed by atoms with van der Waals surface area (Å²) in [4.78, 5) is 16.4. The second-order valence-corrected chi connectivity index (χ2v) is 7.36. The quantitative estimate of drug-likeness (QED) is 0.640. The molecule has 0 aliphatic rings. The van der Waals surface area contributed by atoms with Crippen LogP contribution in [0.25, 0.3) is 11.3 Å². The van der Waals surface area contributed by atoms with Gasteiger partial charge < -0.3 is 5.32 Å². The van der Waals surface area contributed by atoms with Gasteiger partial charge in [-0.25, -0.2) is 13.8 Å². The number of hydrogen-bond acceptors (Lipinski definition) is 3. The minimum atomic E-state index is -0.885. The highest BCUT2D eigenvalue weighted by Gasteiger charge is 2.06. The normalized spacial score (nSPS) is 10.8. The molecule has 3 aromatic rings. The lowest BCUT2D eigenvalue weighted by molar-refractivity contribution is -0.121. The molecule has 0 bridgehead atoms. The number of nitrogens with zero attached hydrogens (tertiary/aromatic N) is 1. The van der Waals surface area contributed by atoms with Gasteiger partial charge in [0.25, 0.3) is 0 Å². The van der Waals surface area contributed by atoms with Crippen LogP contribution in [0.2, 0.25) is 0 Å². The van der Waals surface area contributed by atoms with Crippen molar-refractivity contribution in [2.24, 2.45) is 0 Å². The number of carbonyl (C=O) groups excluding carboxylic acids is 1. The van der Waals surface area contributed by atoms with E-state index >= 15 is 0 Å². The van der Waals surface area contributed by atoms with E-state index in [9.17, 15) is 13.6 Å². The van der Waals surface area contributed by atoms with E-state index in [1.54, 1.807) is 11.3 Å². The van der Waals surface area contributed by atoms with Crippen LogP contribution in [0.1, 0.15) is 22.6 Å². The van der Waals surface area contributed by atoms with Crippen molar-refractivity contribution in [3.05, 3.63) is 75.6 Å². The van der Waals surface area contributed by atoms with Gasteiger partial charge in [0.2, 0.25) is 5.91 Å². The highest BCUT2D eigenvalue weighted by atomic mass is 32.1. The molecule has 6 heteroatoms. The maximum atomic E-state index is 13.2. The van der Waals surface area contributed by atoms with Crippen molar-refractivity contribution in [2.75, 3.05) is 6.54 Å². The lowest BCUT2D eigenvalue weighted by atomic mass is 10.1. The predicted octanol–water partition coefficient (Wildman–Crippen LogP) is 4.69. The van der Waals surface area contributed by atoms with Crippen LogP contribution in [-0.2, 0) is 17.6 Å². The first kappa shape index (κ1) is 19.2. The molecule has 1 heterocycles. The van der Waals surface area contributed by atoms with Crippen molar-refractivity contribution >= 4 is 17.2 Å². The average Bonchev–Trinajstić information content (AvgIpc) is 3.10. The Balaban J connectivity index is 1.42. The predicted molar refractivity (Wildman–Crippen MR) is 104 cm³/mol. The Morgan fingerprint density at radius 3 is 2.44 bits per heavy atom. The van der Waals surface area contributed by atoms with Crippen molar-refractivity contribution in [3.8, 4) is 11.3 Å². The molecule has 0 saturated heterocycles. The number of hydrogen-bond donors (Lipinski definition) is 1. The molecule has 3 rings (SSSR count). The van der Waals surface area contributed by atoms with Crippen LogP contribution in [0.5, 0.6) is 0 Å². The summed E-state index contributed by atoms with van der Waals surface area (Å²) in [5.41, 5.74) is 3.80. The first-order valence-corrected chi connectivity index (χ1v) is 9.61. The highest BCUT2D eigenvalue weighted by molar-refractivity contribution is 7.09. The van der Waals surface area contributed by atoms with Crippen LogP contribution < -0.4 is 5.32 Å². The number of thiazole rings is 1. The second-order valence-electron chi connectivity index (χ2n) is 6.30. The third-order valence-electron chi connectivity index (χ3n) is 4.23. The number of aromatic nitrogens is 1. The Labute approximate surface area is 161 Å². The standard InChI is InChI=1S/C21H20F2N2OS/c1-14-25-20(13-27-14)17-6-2-15(3-7-17)10-11-24-21(26)9-5-16-4-8-18(22)19(23)12-16/h2-4,6-8,12-13H,5,9-11H2,1H3,(H,24,26). The molecule has 2 aromatic carbocycles. The first-order chi connectivity index (χ1) is 13.0. The molecular weight excluding hydrogens is 366 g/mol. The van der Waals surface area contributed by atoms with E-state index in [1.807, 2.05) is 36.6 Å². The number of aryl methyl sites for hydroxylation is 2. The van der Waals surface area contributed by atoms with Crippen molar-refractivity contribution in [3.63, 3.8) is 0 Å². The van der Waals surface area contributed by atoms with Crippen LogP contribution in [-0.4, -0.2) is 17.4 Å². The zero-order valence-electron chi connectivity index (χ0n) is 15.0. The number of carbonyl (C=O) groups is 1. The lowest BCUT2D eigenvalue weighted by Gasteiger charge is -2.07. The average molecular weight is 386 g/mol. The Bertz CT molecular complexity index is 922. The van der Waals surface area contributed by atoms with E-state index < -0.39 is 11.6 Å². The van der Waals surface area contributed by atoms with Gasteiger partial charge in [-0.3, -0.25) is 4.79 Å². The van der Waals surface area contributed by atoms with Gasteiger partial charge in [0.1, 0.15) is 0 Å². The van der Waals surface area contributed by atoms with Gasteiger partial charge in [-0.05, 0) is 43.0 Å². The first-order valence-electron chi connectivity index (χ1n) is 8.73. The minimum absolute atomic E-state index is 0.102. The van der Waals surface area contributed by atoms with Gasteiger partial charge in [0.15, 0.2) is 11.6 Å². The molecule has 0 aliphatic heterocycles. The molecule has 0 radical (unpaired) electrons. The van der Waals surface area contributed by atoms with Gasteiger partial charge in [-0.2, -0.15) is 0 Å². The van der Waals surface area contributed by atoms with E-state index in [1.165, 1.54) is 6.07 Å². The van der Waals surface area contributed by atoms with E-state index in [0.717, 1.165) is 40.4 Å². The maximum absolute atomic E-state index is 13.2. The molecule has 140 valence electrons. The van der Waals surface area contributed by atoms with Gasteiger partial charge >= 0.3 is 0 Å². The zero-order chi connectivity index (χ0) is 19.2. The molecule has 0 saturated carbocycles. The minimum Gasteiger partial charge on any atom is -0.356 e. The zero-order valence-corrected chi connectivity index (χ0v) is 15.8. The van der Waals surface area contributed by atoms with E-state index in [2.05, 4.69) is 10.3 Å². The topological polar surface area (TPSA) is 42.0 Å². The maximum Gasteiger partial charge on any atom is 0.220 e. The van der Waals surface area contributed by atoms with E-state index in [-0.39, 0.29) is 12.3 Å². The van der Waals surface area contributed by atoms with E-state index in [4.69, 9.17) is 0 Å². The Kier molecular flexibility index (Phi) is 6.29. The van der Waals surface area contributed by atoms with Crippen LogP contribution in [0.4, 0.5) is 8.78 Å². The van der Waals surface area contributed by atoms with Crippen LogP contribution in [0, 0.1) is 18.6 Å². The largest absolute Gasteiger partial charge is 0.356 e. The van der Waals surface area contributed by atoms with Crippen LogP contribution in [0.3, 0.4) is 0 Å². The smallest absolute Gasteiger partial charge is 0.220 e. The van der Waals surface area contributed by atoms with Gasteiger partial charge in [-0.15, -0.1) is 11.3 Å². The molecule has 0 fully saturated rings. The van der Waals surface area contributed by atoms with E-state index in [0.29, 0.717) is 18.5 Å². The van der Waals surface area contributed by atoms with Crippen molar-refractivity contribution in [2.45, 2.75) is 26.2 Å². The summed E-state index contributed by atoms with van der Waals surface area (Å²) in [6.07, 6.45) is 1.35. The Morgan fingerprint density at radius 1 is 1.04 bits per heavy atom. The molecule has 27 heavy (non-hydrogen) atoms. The summed E-state index contributed by atoms with van der Waals surface area (Å²) in [6.45, 7) is 2.52. The number of rotatable bonds is 7. The van der Waals surface area contributed by atoms with Crippen molar-refractivity contribution in [1.29, 1.82) is 0 Å². The molecular formula is C21H20F2N2OS. The van der Waals surface area contributed by atoms with Crippen LogP contribution >= 0.6 is 11.3 Å². The summed E-state index contributed by atoms with van der Waals surface area (Å²) in [6, 6.07) is 11.9. The highest BCUT2D eigenvalue weighted by Crippen LogP contribution is 2.21. The Hall–Kier alpha value is -2.60. The summed E-state index contributed by atoms with van der Waals surface area (Å²) in [7, 11) is 0. The molecule has 0 spiro atoms. The molecule has 0 atom stereocenters. The molecule has 1 N–H and O–H groups in total. The van der Waals surface area contributed by atoms with Crippen LogP contribution in [0.15, 0.2) is 47.8 Å². The summed E-state index contributed by atoms with van der Waals surface area (Å²) < 4.78 is 26.0. The molecule has 0 unspecified atom stereocenters. The molecule has 0 aliphatic carbocycles. The van der Waals surface area contributed by atoms with Gasteiger partial charge in [0, 0.05) is 23.9 Å². The third kappa shape index (κ3) is 5.44. The fourth-order valence-electron chi connectivity index (χ4n) is 2.73. The SMILES string of the molecule is Cc1nc(-c2ccc(CCNC(=O)CCc3ccc(F)c(F)c3)cc2)cs1. The lowest BCUT2D eigenvalue weighted by Crippen LogP contribution is -2.25. The van der Waals surface area contributed by atoms with Gasteiger partial charge in [0.05, 0.1) is 10.7 Å². The summed E-state index contributed by atoms with van der Waals surface area (Å²) >= 11 is 1.63. The van der Waals surface area contributed by atoms with Gasteiger partial charge in [-0.1, -0.05) is 30.3 Å². The molecule has 1 aromatic heterocycles. The summed E-state index contributed by atoms with van der Waals surface area (Å²) in [5, 5.41) is 5.94. The monoisotopic (exact) mass is 386 g/mol. The third-order valence-corrected chi connectivity index (χ3v) is 5.00. The fourth-order valence-corrected chi connectivity index (χ4v) is 3.35. The Morgan fingerprint density at radius 2 is 1.78 bits per heavy atom. The number of amides is 1. The summed E-state index contributed by atoms with van der Waals surface area (Å²) in [5.74, 6) is -1.86.